The van der Waals surface area contributed by atoms with Gasteiger partial charge in [0.05, 0.1) is 6.61 Å². The zero-order chi connectivity index (χ0) is 15.2. The highest BCUT2D eigenvalue weighted by molar-refractivity contribution is 5.74. The molecule has 0 aliphatic carbocycles. The van der Waals surface area contributed by atoms with Crippen molar-refractivity contribution in [2.24, 2.45) is 5.92 Å². The highest BCUT2D eigenvalue weighted by Gasteiger charge is 2.25. The molecule has 1 aromatic carbocycles. The van der Waals surface area contributed by atoms with Crippen LogP contribution in [0.25, 0.3) is 0 Å². The van der Waals surface area contributed by atoms with Gasteiger partial charge in [-0.25, -0.2) is 4.79 Å². The summed E-state index contributed by atoms with van der Waals surface area (Å²) in [5.41, 5.74) is 2.13. The van der Waals surface area contributed by atoms with Crippen LogP contribution < -0.4 is 10.1 Å². The van der Waals surface area contributed by atoms with Gasteiger partial charge in [-0.3, -0.25) is 0 Å². The minimum absolute atomic E-state index is 0.0579. The van der Waals surface area contributed by atoms with Crippen molar-refractivity contribution in [3.8, 4) is 5.75 Å². The fraction of sp³-hybridized carbons (Fsp3) is 0.562. The Hall–Kier alpha value is -1.75. The molecule has 0 aromatic heterocycles. The third kappa shape index (κ3) is 4.11. The highest BCUT2D eigenvalue weighted by atomic mass is 16.5. The van der Waals surface area contributed by atoms with Gasteiger partial charge in [0.25, 0.3) is 0 Å². The molecule has 2 amide bonds. The molecule has 21 heavy (non-hydrogen) atoms. The molecule has 1 fully saturated rings. The van der Waals surface area contributed by atoms with Gasteiger partial charge in [-0.1, -0.05) is 12.1 Å². The Labute approximate surface area is 125 Å². The average Bonchev–Trinajstić information content (AvgIpc) is 2.96. The van der Waals surface area contributed by atoms with E-state index in [0.29, 0.717) is 19.7 Å². The molecule has 1 aromatic rings. The Morgan fingerprint density at radius 1 is 1.52 bits per heavy atom. The van der Waals surface area contributed by atoms with Crippen molar-refractivity contribution in [3.63, 3.8) is 0 Å². The van der Waals surface area contributed by atoms with Gasteiger partial charge in [0.15, 0.2) is 0 Å². The van der Waals surface area contributed by atoms with Crippen molar-refractivity contribution in [3.05, 3.63) is 29.3 Å². The first-order valence-electron chi connectivity index (χ1n) is 7.50. The van der Waals surface area contributed by atoms with Crippen LogP contribution in [0.1, 0.15) is 24.5 Å². The summed E-state index contributed by atoms with van der Waals surface area (Å²) in [5, 5.41) is 12.0. The molecular weight excluding hydrogens is 268 g/mol. The molecule has 0 bridgehead atoms. The average molecular weight is 292 g/mol. The fourth-order valence-electron chi connectivity index (χ4n) is 2.59. The van der Waals surface area contributed by atoms with Crippen molar-refractivity contribution in [2.45, 2.75) is 26.8 Å². The first-order valence-corrected chi connectivity index (χ1v) is 7.50. The summed E-state index contributed by atoms with van der Waals surface area (Å²) < 4.78 is 5.50. The molecule has 1 heterocycles. The van der Waals surface area contributed by atoms with Crippen molar-refractivity contribution in [2.75, 3.05) is 26.3 Å². The summed E-state index contributed by atoms with van der Waals surface area (Å²) in [4.78, 5) is 13.8. The molecule has 0 radical (unpaired) electrons. The number of aryl methyl sites for hydroxylation is 1. The van der Waals surface area contributed by atoms with Crippen LogP contribution in [-0.4, -0.2) is 42.3 Å². The number of ether oxygens (including phenoxy) is 1. The van der Waals surface area contributed by atoms with E-state index >= 15 is 0 Å². The number of benzene rings is 1. The lowest BCUT2D eigenvalue weighted by Gasteiger charge is -2.17. The van der Waals surface area contributed by atoms with Crippen molar-refractivity contribution in [1.29, 1.82) is 0 Å². The van der Waals surface area contributed by atoms with Crippen LogP contribution >= 0.6 is 0 Å². The number of likely N-dealkylation sites (tertiary alicyclic amines) is 1. The first kappa shape index (κ1) is 15.6. The molecule has 0 spiro atoms. The number of hydrogen-bond donors (Lipinski definition) is 2. The maximum absolute atomic E-state index is 12.0. The van der Waals surface area contributed by atoms with E-state index in [2.05, 4.69) is 5.32 Å². The van der Waals surface area contributed by atoms with Crippen LogP contribution in [0.15, 0.2) is 18.2 Å². The molecule has 2 rings (SSSR count). The minimum Gasteiger partial charge on any atom is -0.494 e. The van der Waals surface area contributed by atoms with E-state index < -0.39 is 0 Å². The second-order valence-corrected chi connectivity index (χ2v) is 5.47. The molecule has 2 N–H and O–H groups in total. The maximum atomic E-state index is 12.0. The predicted octanol–water partition coefficient (Wildman–Crippen LogP) is 1.92. The Morgan fingerprint density at radius 3 is 2.95 bits per heavy atom. The summed E-state index contributed by atoms with van der Waals surface area (Å²) in [7, 11) is 0. The van der Waals surface area contributed by atoms with E-state index in [1.54, 1.807) is 4.90 Å². The molecule has 5 heteroatoms. The molecule has 1 saturated heterocycles. The second-order valence-electron chi connectivity index (χ2n) is 5.47. The van der Waals surface area contributed by atoms with Crippen molar-refractivity contribution >= 4 is 6.03 Å². The lowest BCUT2D eigenvalue weighted by Crippen LogP contribution is -2.38. The van der Waals surface area contributed by atoms with Crippen molar-refractivity contribution in [1.82, 2.24) is 10.2 Å². The Morgan fingerprint density at radius 2 is 2.33 bits per heavy atom. The Kier molecular flexibility index (Phi) is 5.44. The smallest absolute Gasteiger partial charge is 0.317 e. The number of hydrogen-bond acceptors (Lipinski definition) is 3. The van der Waals surface area contributed by atoms with Gasteiger partial charge in [-0.05, 0) is 37.5 Å². The van der Waals surface area contributed by atoms with Gasteiger partial charge in [0.1, 0.15) is 5.75 Å². The number of carbonyl (C=O) groups excluding carboxylic acids is 1. The SMILES string of the molecule is CCOc1ccc(CNC(=O)N2CCC(CO)C2)cc1C. The van der Waals surface area contributed by atoms with Gasteiger partial charge >= 0.3 is 6.03 Å². The zero-order valence-electron chi connectivity index (χ0n) is 12.8. The number of rotatable bonds is 5. The molecule has 1 unspecified atom stereocenters. The number of aliphatic hydroxyl groups excluding tert-OH is 1. The summed E-state index contributed by atoms with van der Waals surface area (Å²) in [5.74, 6) is 1.11. The van der Waals surface area contributed by atoms with E-state index in [0.717, 1.165) is 29.8 Å². The van der Waals surface area contributed by atoms with Crippen LogP contribution in [0.5, 0.6) is 5.75 Å². The monoisotopic (exact) mass is 292 g/mol. The van der Waals surface area contributed by atoms with E-state index in [-0.39, 0.29) is 18.6 Å². The fourth-order valence-corrected chi connectivity index (χ4v) is 2.59. The lowest BCUT2D eigenvalue weighted by molar-refractivity contribution is 0.198. The minimum atomic E-state index is -0.0579. The highest BCUT2D eigenvalue weighted by Crippen LogP contribution is 2.19. The largest absolute Gasteiger partial charge is 0.494 e. The van der Waals surface area contributed by atoms with E-state index in [1.807, 2.05) is 32.0 Å². The summed E-state index contributed by atoms with van der Waals surface area (Å²) in [6.07, 6.45) is 0.881. The number of amides is 2. The first-order chi connectivity index (χ1) is 10.1. The van der Waals surface area contributed by atoms with Gasteiger partial charge in [-0.2, -0.15) is 0 Å². The molecule has 1 atom stereocenters. The van der Waals surface area contributed by atoms with Gasteiger partial charge in [0.2, 0.25) is 0 Å². The van der Waals surface area contributed by atoms with Gasteiger partial charge < -0.3 is 20.1 Å². The normalized spacial score (nSPS) is 17.9. The van der Waals surface area contributed by atoms with Gasteiger partial charge in [0, 0.05) is 32.2 Å². The third-order valence-electron chi connectivity index (χ3n) is 3.81. The number of nitrogens with zero attached hydrogens (tertiary/aromatic N) is 1. The molecule has 1 aliphatic heterocycles. The van der Waals surface area contributed by atoms with E-state index in [4.69, 9.17) is 9.84 Å². The van der Waals surface area contributed by atoms with Gasteiger partial charge in [-0.15, -0.1) is 0 Å². The molecule has 0 saturated carbocycles. The predicted molar refractivity (Wildman–Crippen MR) is 81.3 cm³/mol. The third-order valence-corrected chi connectivity index (χ3v) is 3.81. The quantitative estimate of drug-likeness (QED) is 0.871. The van der Waals surface area contributed by atoms with E-state index in [1.165, 1.54) is 0 Å². The van der Waals surface area contributed by atoms with Crippen molar-refractivity contribution < 1.29 is 14.6 Å². The second kappa shape index (κ2) is 7.31. The molecule has 5 nitrogen and oxygen atoms in total. The number of nitrogens with one attached hydrogen (secondary N) is 1. The van der Waals surface area contributed by atoms with Crippen LogP contribution in [0.3, 0.4) is 0 Å². The topological polar surface area (TPSA) is 61.8 Å². The maximum Gasteiger partial charge on any atom is 0.317 e. The molecular formula is C16H24N2O3. The number of urea groups is 1. The summed E-state index contributed by atoms with van der Waals surface area (Å²) in [6, 6.07) is 5.89. The van der Waals surface area contributed by atoms with Crippen LogP contribution in [0.2, 0.25) is 0 Å². The summed E-state index contributed by atoms with van der Waals surface area (Å²) >= 11 is 0. The van der Waals surface area contributed by atoms with Crippen LogP contribution in [-0.2, 0) is 6.54 Å². The lowest BCUT2D eigenvalue weighted by atomic mass is 10.1. The Balaban J connectivity index is 1.85. The Bertz CT molecular complexity index is 490. The van der Waals surface area contributed by atoms with Crippen LogP contribution in [0, 0.1) is 12.8 Å². The molecule has 116 valence electrons. The number of carbonyl (C=O) groups is 1. The molecule has 1 aliphatic rings. The summed E-state index contributed by atoms with van der Waals surface area (Å²) in [6.45, 7) is 6.64. The van der Waals surface area contributed by atoms with E-state index in [9.17, 15) is 4.79 Å². The van der Waals surface area contributed by atoms with Crippen LogP contribution in [0.4, 0.5) is 4.79 Å². The standard InChI is InChI=1S/C16H24N2O3/c1-3-21-15-5-4-13(8-12(15)2)9-17-16(20)18-7-6-14(10-18)11-19/h4-5,8,14,19H,3,6-7,9-11H2,1-2H3,(H,17,20). The number of aliphatic hydroxyl groups is 1. The zero-order valence-corrected chi connectivity index (χ0v) is 12.8.